The van der Waals surface area contributed by atoms with Crippen molar-refractivity contribution in [1.82, 2.24) is 9.78 Å². The van der Waals surface area contributed by atoms with E-state index in [1.54, 1.807) is 66.7 Å². The molecule has 32 heavy (non-hydrogen) atoms. The van der Waals surface area contributed by atoms with Gasteiger partial charge in [-0.15, -0.1) is 0 Å². The topological polar surface area (TPSA) is 61.2 Å². The summed E-state index contributed by atoms with van der Waals surface area (Å²) in [6.45, 7) is 1.93. The van der Waals surface area contributed by atoms with Crippen LogP contribution in [0, 0.1) is 6.92 Å². The molecular formula is C26H24N2O3S. The van der Waals surface area contributed by atoms with Gasteiger partial charge in [-0.25, -0.2) is 13.1 Å². The third kappa shape index (κ3) is 4.50. The molecule has 162 valence electrons. The minimum Gasteiger partial charge on any atom is -0.497 e. The van der Waals surface area contributed by atoms with E-state index in [0.29, 0.717) is 11.3 Å². The number of ether oxygens (including phenoxy) is 1. The Bertz CT molecular complexity index is 1310. The molecule has 0 saturated carbocycles. The minimum atomic E-state index is -3.69. The molecule has 5 nitrogen and oxygen atoms in total. The molecule has 0 amide bonds. The molecule has 0 aliphatic heterocycles. The van der Waals surface area contributed by atoms with Gasteiger partial charge in [0.15, 0.2) is 9.84 Å². The smallest absolute Gasteiger partial charge is 0.189 e. The van der Waals surface area contributed by atoms with E-state index in [1.807, 2.05) is 55.5 Å². The molecule has 1 atom stereocenters. The van der Waals surface area contributed by atoms with Gasteiger partial charge in [0.2, 0.25) is 0 Å². The molecule has 6 heteroatoms. The second-order valence-electron chi connectivity index (χ2n) is 7.42. The molecule has 0 spiro atoms. The Labute approximate surface area is 188 Å². The molecule has 0 bridgehead atoms. The molecule has 1 aromatic heterocycles. The van der Waals surface area contributed by atoms with Gasteiger partial charge in [-0.05, 0) is 48.9 Å². The van der Waals surface area contributed by atoms with Crippen LogP contribution >= 0.6 is 0 Å². The normalized spacial score (nSPS) is 12.7. The number of benzene rings is 3. The van der Waals surface area contributed by atoms with Crippen molar-refractivity contribution >= 4 is 16.0 Å². The van der Waals surface area contributed by atoms with E-state index in [1.165, 1.54) is 0 Å². The Hall–Kier alpha value is -3.64. The van der Waals surface area contributed by atoms with Crippen LogP contribution in [0.25, 0.3) is 17.5 Å². The Morgan fingerprint density at radius 2 is 1.59 bits per heavy atom. The molecule has 0 aliphatic rings. The van der Waals surface area contributed by atoms with E-state index in [0.717, 1.165) is 16.8 Å². The fraction of sp³-hybridized carbons (Fsp3) is 0.115. The molecule has 0 radical (unpaired) electrons. The van der Waals surface area contributed by atoms with Gasteiger partial charge >= 0.3 is 0 Å². The highest BCUT2D eigenvalue weighted by molar-refractivity contribution is 7.91. The summed E-state index contributed by atoms with van der Waals surface area (Å²) in [7, 11) is -2.11. The van der Waals surface area contributed by atoms with Crippen molar-refractivity contribution in [3.05, 3.63) is 108 Å². The molecule has 0 N–H and O–H groups in total. The van der Waals surface area contributed by atoms with E-state index in [9.17, 15) is 8.42 Å². The second kappa shape index (κ2) is 9.24. The lowest BCUT2D eigenvalue weighted by molar-refractivity contribution is 0.414. The summed E-state index contributed by atoms with van der Waals surface area (Å²) in [6.07, 6.45) is 5.09. The summed E-state index contributed by atoms with van der Waals surface area (Å²) in [5.41, 5.74) is 3.53. The van der Waals surface area contributed by atoms with Crippen molar-refractivity contribution in [2.45, 2.75) is 17.1 Å². The lowest BCUT2D eigenvalue weighted by Crippen LogP contribution is -2.12. The summed E-state index contributed by atoms with van der Waals surface area (Å²) in [6, 6.07) is 25.8. The highest BCUT2D eigenvalue weighted by Crippen LogP contribution is 2.32. The van der Waals surface area contributed by atoms with Gasteiger partial charge in [0.25, 0.3) is 0 Å². The Balaban J connectivity index is 1.77. The summed E-state index contributed by atoms with van der Waals surface area (Å²) in [5, 5.41) is 3.48. The van der Waals surface area contributed by atoms with Gasteiger partial charge in [0.1, 0.15) is 11.0 Å². The van der Waals surface area contributed by atoms with Gasteiger partial charge in [-0.3, -0.25) is 0 Å². The number of aromatic nitrogens is 2. The average Bonchev–Trinajstić information content (AvgIpc) is 3.29. The molecule has 3 aromatic carbocycles. The zero-order valence-electron chi connectivity index (χ0n) is 17.9. The van der Waals surface area contributed by atoms with Crippen LogP contribution in [0.3, 0.4) is 0 Å². The van der Waals surface area contributed by atoms with E-state index in [2.05, 4.69) is 5.10 Å². The first kappa shape index (κ1) is 21.6. The van der Waals surface area contributed by atoms with Crippen LogP contribution in [0.15, 0.2) is 102 Å². The number of methoxy groups -OCH3 is 1. The number of sulfone groups is 1. The first-order chi connectivity index (χ1) is 15.5. The maximum Gasteiger partial charge on any atom is 0.189 e. The van der Waals surface area contributed by atoms with Crippen molar-refractivity contribution < 1.29 is 13.2 Å². The van der Waals surface area contributed by atoms with Gasteiger partial charge in [0.05, 0.1) is 17.7 Å². The van der Waals surface area contributed by atoms with Crippen molar-refractivity contribution in [1.29, 1.82) is 0 Å². The molecule has 1 unspecified atom stereocenters. The summed E-state index contributed by atoms with van der Waals surface area (Å²) >= 11 is 0. The van der Waals surface area contributed by atoms with E-state index >= 15 is 0 Å². The molecule has 1 heterocycles. The molecule has 0 aliphatic carbocycles. The van der Waals surface area contributed by atoms with Gasteiger partial charge in [-0.2, -0.15) is 5.10 Å². The van der Waals surface area contributed by atoms with Gasteiger partial charge in [0, 0.05) is 18.0 Å². The number of nitrogens with zero attached hydrogens (tertiary/aromatic N) is 2. The molecule has 4 rings (SSSR count). The first-order valence-corrected chi connectivity index (χ1v) is 11.8. The SMILES string of the molecule is COc1ccc(C(/C=C/n2nccc2-c2ccccc2)S(=O)(=O)c2ccc(C)cc2)cc1. The lowest BCUT2D eigenvalue weighted by Gasteiger charge is -2.16. The van der Waals surface area contributed by atoms with Crippen LogP contribution in [0.5, 0.6) is 5.75 Å². The second-order valence-corrected chi connectivity index (χ2v) is 9.49. The fourth-order valence-corrected chi connectivity index (χ4v) is 5.09. The average molecular weight is 445 g/mol. The standard InChI is InChI=1S/C26H24N2O3S/c1-20-8-14-24(15-9-20)32(29,30)26(22-10-12-23(31-2)13-11-22)17-19-28-25(16-18-27-28)21-6-4-3-5-7-21/h3-19,26H,1-2H3/b19-17+. The van der Waals surface area contributed by atoms with Gasteiger partial charge < -0.3 is 4.74 Å². The predicted molar refractivity (Wildman–Crippen MR) is 127 cm³/mol. The Morgan fingerprint density at radius 1 is 0.906 bits per heavy atom. The minimum absolute atomic E-state index is 0.275. The molecular weight excluding hydrogens is 420 g/mol. The highest BCUT2D eigenvalue weighted by Gasteiger charge is 2.27. The van der Waals surface area contributed by atoms with Gasteiger partial charge in [-0.1, -0.05) is 60.2 Å². The van der Waals surface area contributed by atoms with Crippen LogP contribution in [0.2, 0.25) is 0 Å². The number of hydrogen-bond acceptors (Lipinski definition) is 4. The first-order valence-electron chi connectivity index (χ1n) is 10.2. The van der Waals surface area contributed by atoms with Crippen LogP contribution in [-0.4, -0.2) is 25.3 Å². The van der Waals surface area contributed by atoms with E-state index in [-0.39, 0.29) is 4.90 Å². The third-order valence-electron chi connectivity index (χ3n) is 5.27. The number of hydrogen-bond donors (Lipinski definition) is 0. The van der Waals surface area contributed by atoms with Crippen LogP contribution in [0.4, 0.5) is 0 Å². The molecule has 0 fully saturated rings. The zero-order valence-corrected chi connectivity index (χ0v) is 18.7. The van der Waals surface area contributed by atoms with Crippen LogP contribution < -0.4 is 4.74 Å². The summed E-state index contributed by atoms with van der Waals surface area (Å²) in [5.74, 6) is 0.669. The van der Waals surface area contributed by atoms with E-state index in [4.69, 9.17) is 4.74 Å². The van der Waals surface area contributed by atoms with Crippen molar-refractivity contribution in [3.63, 3.8) is 0 Å². The molecule has 4 aromatic rings. The molecule has 0 saturated heterocycles. The van der Waals surface area contributed by atoms with Crippen molar-refractivity contribution in [2.75, 3.05) is 7.11 Å². The largest absolute Gasteiger partial charge is 0.497 e. The highest BCUT2D eigenvalue weighted by atomic mass is 32.2. The van der Waals surface area contributed by atoms with Crippen molar-refractivity contribution in [3.8, 4) is 17.0 Å². The summed E-state index contributed by atoms with van der Waals surface area (Å²) < 4.78 is 34.1. The maximum atomic E-state index is 13.6. The van der Waals surface area contributed by atoms with E-state index < -0.39 is 15.1 Å². The Morgan fingerprint density at radius 3 is 2.25 bits per heavy atom. The Kier molecular flexibility index (Phi) is 6.23. The fourth-order valence-electron chi connectivity index (χ4n) is 3.49. The van der Waals surface area contributed by atoms with Crippen molar-refractivity contribution in [2.24, 2.45) is 0 Å². The van der Waals surface area contributed by atoms with Crippen LogP contribution in [0.1, 0.15) is 16.4 Å². The zero-order chi connectivity index (χ0) is 22.6. The predicted octanol–water partition coefficient (Wildman–Crippen LogP) is 5.55. The summed E-state index contributed by atoms with van der Waals surface area (Å²) in [4.78, 5) is 0.275. The third-order valence-corrected chi connectivity index (χ3v) is 7.30. The number of aryl methyl sites for hydroxylation is 1. The lowest BCUT2D eigenvalue weighted by atomic mass is 10.1. The number of rotatable bonds is 7. The monoisotopic (exact) mass is 444 g/mol. The quantitative estimate of drug-likeness (QED) is 0.375. The maximum absolute atomic E-state index is 13.6. The van der Waals surface area contributed by atoms with Crippen LogP contribution in [-0.2, 0) is 9.84 Å².